The number of rotatable bonds is 6. The van der Waals surface area contributed by atoms with Crippen LogP contribution in [0.1, 0.15) is 23.8 Å². The molecule has 0 saturated heterocycles. The molecule has 1 heterocycles. The van der Waals surface area contributed by atoms with Crippen LogP contribution in [0.15, 0.2) is 36.4 Å². The highest BCUT2D eigenvalue weighted by atomic mass is 32.1. The highest BCUT2D eigenvalue weighted by Crippen LogP contribution is 2.31. The predicted molar refractivity (Wildman–Crippen MR) is 78.8 cm³/mol. The Balaban J connectivity index is 2.13. The lowest BCUT2D eigenvalue weighted by Gasteiger charge is -2.05. The molecule has 0 fully saturated rings. The molecule has 0 aliphatic rings. The molecule has 2 nitrogen and oxygen atoms in total. The van der Waals surface area contributed by atoms with Gasteiger partial charge in [-0.15, -0.1) is 17.9 Å². The van der Waals surface area contributed by atoms with Crippen LogP contribution in [-0.4, -0.2) is 6.61 Å². The lowest BCUT2D eigenvalue weighted by atomic mass is 10.1. The van der Waals surface area contributed by atoms with E-state index >= 15 is 0 Å². The standard InChI is InChI=1S/C15H19NOS/c1-11(2)7-8-17-10-13-12-5-3-4-6-14(12)18-15(13)9-16/h3-6H,1,7-10,16H2,2H3. The van der Waals surface area contributed by atoms with Crippen LogP contribution in [0.25, 0.3) is 10.1 Å². The van der Waals surface area contributed by atoms with Crippen LogP contribution in [0.4, 0.5) is 0 Å². The number of hydrogen-bond acceptors (Lipinski definition) is 3. The van der Waals surface area contributed by atoms with Gasteiger partial charge in [0.1, 0.15) is 0 Å². The zero-order chi connectivity index (χ0) is 13.0. The van der Waals surface area contributed by atoms with Gasteiger partial charge in [-0.3, -0.25) is 0 Å². The fourth-order valence-corrected chi connectivity index (χ4v) is 2.98. The Bertz CT molecular complexity index is 544. The van der Waals surface area contributed by atoms with Gasteiger partial charge in [-0.05, 0) is 24.8 Å². The zero-order valence-corrected chi connectivity index (χ0v) is 11.6. The van der Waals surface area contributed by atoms with Crippen LogP contribution < -0.4 is 5.73 Å². The number of ether oxygens (including phenoxy) is 1. The molecule has 0 saturated carbocycles. The van der Waals surface area contributed by atoms with E-state index in [1.54, 1.807) is 11.3 Å². The lowest BCUT2D eigenvalue weighted by Crippen LogP contribution is -2.01. The number of benzene rings is 1. The number of nitrogens with two attached hydrogens (primary N) is 1. The maximum absolute atomic E-state index is 5.81. The van der Waals surface area contributed by atoms with Crippen molar-refractivity contribution in [1.29, 1.82) is 0 Å². The topological polar surface area (TPSA) is 35.2 Å². The summed E-state index contributed by atoms with van der Waals surface area (Å²) in [5.74, 6) is 0. The fraction of sp³-hybridized carbons (Fsp3) is 0.333. The first-order chi connectivity index (χ1) is 8.72. The van der Waals surface area contributed by atoms with Gasteiger partial charge in [-0.25, -0.2) is 0 Å². The van der Waals surface area contributed by atoms with E-state index < -0.39 is 0 Å². The normalized spacial score (nSPS) is 11.0. The van der Waals surface area contributed by atoms with Gasteiger partial charge in [-0.1, -0.05) is 23.8 Å². The average Bonchev–Trinajstić information content (AvgIpc) is 2.72. The second-order valence-corrected chi connectivity index (χ2v) is 5.60. The molecule has 0 unspecified atom stereocenters. The van der Waals surface area contributed by atoms with E-state index in [9.17, 15) is 0 Å². The van der Waals surface area contributed by atoms with Crippen molar-refractivity contribution >= 4 is 21.4 Å². The minimum absolute atomic E-state index is 0.582. The van der Waals surface area contributed by atoms with Crippen molar-refractivity contribution in [1.82, 2.24) is 0 Å². The zero-order valence-electron chi connectivity index (χ0n) is 10.7. The maximum atomic E-state index is 5.81. The maximum Gasteiger partial charge on any atom is 0.0734 e. The van der Waals surface area contributed by atoms with E-state index in [1.165, 1.54) is 20.5 Å². The van der Waals surface area contributed by atoms with Crippen molar-refractivity contribution in [3.05, 3.63) is 46.9 Å². The minimum atomic E-state index is 0.582. The molecule has 1 aromatic carbocycles. The molecule has 0 spiro atoms. The van der Waals surface area contributed by atoms with Gasteiger partial charge in [0.15, 0.2) is 0 Å². The predicted octanol–water partition coefficient (Wildman–Crippen LogP) is 3.84. The summed E-state index contributed by atoms with van der Waals surface area (Å²) in [7, 11) is 0. The van der Waals surface area contributed by atoms with E-state index in [-0.39, 0.29) is 0 Å². The molecule has 0 amide bonds. The molecule has 18 heavy (non-hydrogen) atoms. The van der Waals surface area contributed by atoms with Crippen molar-refractivity contribution in [3.63, 3.8) is 0 Å². The minimum Gasteiger partial charge on any atom is -0.376 e. The third-order valence-electron chi connectivity index (χ3n) is 2.89. The van der Waals surface area contributed by atoms with Crippen LogP contribution in [0.5, 0.6) is 0 Å². The van der Waals surface area contributed by atoms with E-state index in [0.29, 0.717) is 13.2 Å². The quantitative estimate of drug-likeness (QED) is 0.633. The molecular weight excluding hydrogens is 242 g/mol. The summed E-state index contributed by atoms with van der Waals surface area (Å²) >= 11 is 1.77. The fourth-order valence-electron chi connectivity index (χ4n) is 1.89. The smallest absolute Gasteiger partial charge is 0.0734 e. The summed E-state index contributed by atoms with van der Waals surface area (Å²) in [4.78, 5) is 1.23. The number of hydrogen-bond donors (Lipinski definition) is 1. The Morgan fingerprint density at radius 2 is 2.17 bits per heavy atom. The second-order valence-electron chi connectivity index (χ2n) is 4.46. The summed E-state index contributed by atoms with van der Waals surface area (Å²) in [5, 5.41) is 1.28. The van der Waals surface area contributed by atoms with Gasteiger partial charge in [0.25, 0.3) is 0 Å². The third kappa shape index (κ3) is 2.99. The van der Waals surface area contributed by atoms with Crippen LogP contribution in [0.2, 0.25) is 0 Å². The first-order valence-electron chi connectivity index (χ1n) is 6.14. The Labute approximate surface area is 112 Å². The van der Waals surface area contributed by atoms with Crippen molar-refractivity contribution in [3.8, 4) is 0 Å². The average molecular weight is 261 g/mol. The molecule has 2 rings (SSSR count). The summed E-state index contributed by atoms with van der Waals surface area (Å²) in [6, 6.07) is 8.40. The van der Waals surface area contributed by atoms with Crippen molar-refractivity contribution < 1.29 is 4.74 Å². The van der Waals surface area contributed by atoms with Gasteiger partial charge in [0.2, 0.25) is 0 Å². The van der Waals surface area contributed by atoms with E-state index in [0.717, 1.165) is 18.6 Å². The largest absolute Gasteiger partial charge is 0.376 e. The molecule has 0 aliphatic heterocycles. The Morgan fingerprint density at radius 1 is 1.39 bits per heavy atom. The molecule has 0 radical (unpaired) electrons. The van der Waals surface area contributed by atoms with E-state index in [1.807, 2.05) is 6.92 Å². The number of fused-ring (bicyclic) bond motifs is 1. The number of thiophene rings is 1. The molecule has 0 atom stereocenters. The van der Waals surface area contributed by atoms with Crippen LogP contribution >= 0.6 is 11.3 Å². The Morgan fingerprint density at radius 3 is 2.89 bits per heavy atom. The first kappa shape index (κ1) is 13.3. The van der Waals surface area contributed by atoms with Crippen LogP contribution in [0, 0.1) is 0 Å². The highest BCUT2D eigenvalue weighted by Gasteiger charge is 2.10. The molecule has 0 bridgehead atoms. The molecule has 1 aromatic heterocycles. The Hall–Kier alpha value is -1.16. The summed E-state index contributed by atoms with van der Waals surface area (Å²) in [6.45, 7) is 7.85. The van der Waals surface area contributed by atoms with Crippen molar-refractivity contribution in [2.24, 2.45) is 5.73 Å². The lowest BCUT2D eigenvalue weighted by molar-refractivity contribution is 0.124. The van der Waals surface area contributed by atoms with Gasteiger partial charge >= 0.3 is 0 Å². The SMILES string of the molecule is C=C(C)CCOCc1c(CN)sc2ccccc12. The molecule has 2 N–H and O–H groups in total. The van der Waals surface area contributed by atoms with Crippen LogP contribution in [-0.2, 0) is 17.9 Å². The highest BCUT2D eigenvalue weighted by molar-refractivity contribution is 7.19. The van der Waals surface area contributed by atoms with Crippen molar-refractivity contribution in [2.75, 3.05) is 6.61 Å². The second kappa shape index (κ2) is 6.14. The summed E-state index contributed by atoms with van der Waals surface area (Å²) in [6.07, 6.45) is 0.917. The van der Waals surface area contributed by atoms with Crippen molar-refractivity contribution in [2.45, 2.75) is 26.5 Å². The molecule has 0 aliphatic carbocycles. The monoisotopic (exact) mass is 261 g/mol. The van der Waals surface area contributed by atoms with Gasteiger partial charge < -0.3 is 10.5 Å². The van der Waals surface area contributed by atoms with E-state index in [4.69, 9.17) is 10.5 Å². The third-order valence-corrected chi connectivity index (χ3v) is 4.12. The molecule has 96 valence electrons. The van der Waals surface area contributed by atoms with Gasteiger partial charge in [0.05, 0.1) is 13.2 Å². The van der Waals surface area contributed by atoms with Crippen LogP contribution in [0.3, 0.4) is 0 Å². The Kier molecular flexibility index (Phi) is 4.53. The van der Waals surface area contributed by atoms with Gasteiger partial charge in [-0.2, -0.15) is 0 Å². The first-order valence-corrected chi connectivity index (χ1v) is 6.95. The molecule has 2 aromatic rings. The van der Waals surface area contributed by atoms with E-state index in [2.05, 4.69) is 30.8 Å². The molecule has 3 heteroatoms. The van der Waals surface area contributed by atoms with Gasteiger partial charge in [0, 0.05) is 21.7 Å². The summed E-state index contributed by atoms with van der Waals surface area (Å²) < 4.78 is 7.02. The summed E-state index contributed by atoms with van der Waals surface area (Å²) in [5.41, 5.74) is 8.21. The molecular formula is C15H19NOS.